The van der Waals surface area contributed by atoms with Gasteiger partial charge < -0.3 is 5.32 Å². The number of carbonyl (C=O) groups is 1. The predicted molar refractivity (Wildman–Crippen MR) is 148 cm³/mol. The molecule has 0 atom stereocenters. The van der Waals surface area contributed by atoms with Crippen molar-refractivity contribution in [3.63, 3.8) is 0 Å². The Kier molecular flexibility index (Phi) is 7.44. The minimum atomic E-state index is -3.89. The van der Waals surface area contributed by atoms with Gasteiger partial charge in [0, 0.05) is 16.1 Å². The number of halogens is 1. The van der Waals surface area contributed by atoms with Crippen LogP contribution in [-0.4, -0.2) is 35.5 Å². The summed E-state index contributed by atoms with van der Waals surface area (Å²) in [6, 6.07) is 23.1. The number of nitrogens with one attached hydrogen (secondary N) is 2. The molecular weight excluding hydrogens is 534 g/mol. The summed E-state index contributed by atoms with van der Waals surface area (Å²) in [5.41, 5.74) is 1.70. The number of rotatable bonds is 8. The zero-order valence-electron chi connectivity index (χ0n) is 20.0. The highest BCUT2D eigenvalue weighted by molar-refractivity contribution is 7.92. The highest BCUT2D eigenvalue weighted by atomic mass is 35.5. The third kappa shape index (κ3) is 6.22. The fourth-order valence-electron chi connectivity index (χ4n) is 3.85. The van der Waals surface area contributed by atoms with Gasteiger partial charge in [-0.05, 0) is 66.4 Å². The molecule has 0 aliphatic carbocycles. The molecule has 0 unspecified atom stereocenters. The van der Waals surface area contributed by atoms with E-state index in [9.17, 15) is 21.6 Å². The van der Waals surface area contributed by atoms with Crippen molar-refractivity contribution in [2.75, 3.05) is 27.1 Å². The van der Waals surface area contributed by atoms with Crippen molar-refractivity contribution < 1.29 is 21.6 Å². The number of benzene rings is 4. The van der Waals surface area contributed by atoms with Crippen molar-refractivity contribution in [2.45, 2.75) is 11.8 Å². The minimum Gasteiger partial charge on any atom is -0.325 e. The lowest BCUT2D eigenvalue weighted by molar-refractivity contribution is -0.114. The van der Waals surface area contributed by atoms with E-state index in [0.29, 0.717) is 27.6 Å². The molecule has 0 aliphatic rings. The van der Waals surface area contributed by atoms with Crippen LogP contribution in [0.5, 0.6) is 0 Å². The summed E-state index contributed by atoms with van der Waals surface area (Å²) in [7, 11) is -7.66. The third-order valence-corrected chi connectivity index (χ3v) is 8.34. The van der Waals surface area contributed by atoms with Gasteiger partial charge in [0.15, 0.2) is 0 Å². The maximum absolute atomic E-state index is 13.0. The first-order valence-corrected chi connectivity index (χ1v) is 14.8. The zero-order valence-corrected chi connectivity index (χ0v) is 22.4. The number of aryl methyl sites for hydroxylation is 1. The molecule has 4 aromatic rings. The van der Waals surface area contributed by atoms with Gasteiger partial charge in [-0.1, -0.05) is 48.0 Å². The number of sulfonamides is 2. The van der Waals surface area contributed by atoms with E-state index in [2.05, 4.69) is 10.0 Å². The highest BCUT2D eigenvalue weighted by Crippen LogP contribution is 2.27. The molecule has 1 amide bonds. The molecular formula is C26H24ClN3O5S2. The molecule has 0 radical (unpaired) electrons. The van der Waals surface area contributed by atoms with Gasteiger partial charge in [0.25, 0.3) is 10.0 Å². The Morgan fingerprint density at radius 1 is 0.892 bits per heavy atom. The second-order valence-corrected chi connectivity index (χ2v) is 12.4. The van der Waals surface area contributed by atoms with E-state index in [-0.39, 0.29) is 4.90 Å². The molecule has 0 spiro atoms. The normalized spacial score (nSPS) is 11.8. The van der Waals surface area contributed by atoms with E-state index in [1.807, 2.05) is 30.3 Å². The molecule has 0 aromatic heterocycles. The van der Waals surface area contributed by atoms with Gasteiger partial charge in [-0.2, -0.15) is 0 Å². The lowest BCUT2D eigenvalue weighted by Crippen LogP contribution is -2.37. The highest BCUT2D eigenvalue weighted by Gasteiger charge is 2.23. The predicted octanol–water partition coefficient (Wildman–Crippen LogP) is 5.01. The number of amides is 1. The lowest BCUT2D eigenvalue weighted by Gasteiger charge is -2.23. The van der Waals surface area contributed by atoms with Crippen LogP contribution >= 0.6 is 11.6 Å². The molecule has 0 bridgehead atoms. The van der Waals surface area contributed by atoms with Crippen LogP contribution < -0.4 is 14.3 Å². The van der Waals surface area contributed by atoms with Gasteiger partial charge in [-0.15, -0.1) is 0 Å². The summed E-state index contributed by atoms with van der Waals surface area (Å²) < 4.78 is 54.3. The fourth-order valence-corrected chi connectivity index (χ4v) is 6.07. The quantitative estimate of drug-likeness (QED) is 0.316. The number of carbonyl (C=O) groups excluding carboxylic acids is 1. The largest absolute Gasteiger partial charge is 0.325 e. The van der Waals surface area contributed by atoms with Crippen LogP contribution in [0.2, 0.25) is 5.02 Å². The van der Waals surface area contributed by atoms with E-state index in [4.69, 9.17) is 11.6 Å². The maximum Gasteiger partial charge on any atom is 0.261 e. The van der Waals surface area contributed by atoms with Gasteiger partial charge in [0.05, 0.1) is 22.5 Å². The summed E-state index contributed by atoms with van der Waals surface area (Å²) >= 11 is 5.97. The zero-order chi connectivity index (χ0) is 26.8. The Morgan fingerprint density at radius 2 is 1.57 bits per heavy atom. The smallest absolute Gasteiger partial charge is 0.261 e. The van der Waals surface area contributed by atoms with Crippen LogP contribution in [0, 0.1) is 6.92 Å². The topological polar surface area (TPSA) is 113 Å². The van der Waals surface area contributed by atoms with E-state index in [1.54, 1.807) is 31.2 Å². The molecule has 11 heteroatoms. The molecule has 0 aliphatic heterocycles. The van der Waals surface area contributed by atoms with Crippen molar-refractivity contribution in [1.82, 2.24) is 0 Å². The molecule has 8 nitrogen and oxygen atoms in total. The van der Waals surface area contributed by atoms with Crippen LogP contribution in [-0.2, 0) is 24.8 Å². The number of nitrogens with zero attached hydrogens (tertiary/aromatic N) is 1. The Morgan fingerprint density at radius 3 is 2.24 bits per heavy atom. The molecule has 4 aromatic carbocycles. The van der Waals surface area contributed by atoms with Gasteiger partial charge in [0.1, 0.15) is 6.54 Å². The van der Waals surface area contributed by atoms with Crippen LogP contribution in [0.25, 0.3) is 10.8 Å². The fraction of sp³-hybridized carbons (Fsp3) is 0.115. The molecule has 0 heterocycles. The minimum absolute atomic E-state index is 0.00739. The monoisotopic (exact) mass is 557 g/mol. The first kappa shape index (κ1) is 26.5. The van der Waals surface area contributed by atoms with Crippen molar-refractivity contribution >= 4 is 65.4 Å². The Hall–Kier alpha value is -3.60. The van der Waals surface area contributed by atoms with Gasteiger partial charge >= 0.3 is 0 Å². The Labute approximate surface area is 221 Å². The van der Waals surface area contributed by atoms with Crippen molar-refractivity contribution in [3.8, 4) is 0 Å². The number of anilines is 3. The van der Waals surface area contributed by atoms with E-state index < -0.39 is 32.5 Å². The first-order valence-electron chi connectivity index (χ1n) is 11.1. The summed E-state index contributed by atoms with van der Waals surface area (Å²) in [6.45, 7) is 1.23. The average Bonchev–Trinajstić information content (AvgIpc) is 2.83. The van der Waals surface area contributed by atoms with Crippen LogP contribution in [0.3, 0.4) is 0 Å². The summed E-state index contributed by atoms with van der Waals surface area (Å²) in [5, 5.41) is 4.73. The molecule has 0 fully saturated rings. The molecule has 2 N–H and O–H groups in total. The molecule has 0 saturated carbocycles. The number of hydrogen-bond donors (Lipinski definition) is 2. The Balaban J connectivity index is 1.49. The van der Waals surface area contributed by atoms with E-state index in [1.165, 1.54) is 30.3 Å². The van der Waals surface area contributed by atoms with Gasteiger partial charge in [0.2, 0.25) is 15.9 Å². The SMILES string of the molecule is Cc1cc(Cl)ccc1N(CC(=O)Nc1ccc(S(=O)(=O)Nc2cccc3ccccc23)cc1)S(C)(=O)=O. The lowest BCUT2D eigenvalue weighted by atomic mass is 10.1. The first-order chi connectivity index (χ1) is 17.4. The molecule has 37 heavy (non-hydrogen) atoms. The van der Waals surface area contributed by atoms with Crippen LogP contribution in [0.15, 0.2) is 89.8 Å². The second kappa shape index (κ2) is 10.4. The summed E-state index contributed by atoms with van der Waals surface area (Å²) in [4.78, 5) is 12.7. The van der Waals surface area contributed by atoms with Crippen molar-refractivity contribution in [2.24, 2.45) is 0 Å². The summed E-state index contributed by atoms with van der Waals surface area (Å²) in [6.07, 6.45) is 1.01. The average molecular weight is 558 g/mol. The van der Waals surface area contributed by atoms with E-state index in [0.717, 1.165) is 21.3 Å². The second-order valence-electron chi connectivity index (χ2n) is 8.41. The third-order valence-electron chi connectivity index (χ3n) is 5.60. The Bertz CT molecular complexity index is 1680. The van der Waals surface area contributed by atoms with Crippen LogP contribution in [0.4, 0.5) is 17.1 Å². The van der Waals surface area contributed by atoms with Gasteiger partial charge in [-0.3, -0.25) is 13.8 Å². The number of hydrogen-bond acceptors (Lipinski definition) is 5. The molecule has 4 rings (SSSR count). The molecule has 192 valence electrons. The van der Waals surface area contributed by atoms with Crippen molar-refractivity contribution in [1.29, 1.82) is 0 Å². The van der Waals surface area contributed by atoms with Gasteiger partial charge in [-0.25, -0.2) is 16.8 Å². The van der Waals surface area contributed by atoms with Crippen LogP contribution in [0.1, 0.15) is 5.56 Å². The summed E-state index contributed by atoms with van der Waals surface area (Å²) in [5.74, 6) is -0.593. The standard InChI is InChI=1S/C26H24ClN3O5S2/c1-18-16-20(27)10-15-25(18)30(36(2,32)33)17-26(31)28-21-11-13-22(14-12-21)37(34,35)29-24-9-5-7-19-6-3-4-8-23(19)24/h3-16,29H,17H2,1-2H3,(H,28,31). The van der Waals surface area contributed by atoms with E-state index >= 15 is 0 Å². The number of fused-ring (bicyclic) bond motifs is 1. The molecule has 0 saturated heterocycles. The maximum atomic E-state index is 13.0. The van der Waals surface area contributed by atoms with Crippen molar-refractivity contribution in [3.05, 3.63) is 95.5 Å².